The normalized spacial score (nSPS) is 16.9. The number of likely N-dealkylation sites (N-methyl/N-ethyl adjacent to an activating group) is 1. The topological polar surface area (TPSA) is 51.3 Å². The molecule has 0 aromatic carbocycles. The van der Waals surface area contributed by atoms with Crippen molar-refractivity contribution in [2.24, 2.45) is 5.73 Å². The molecule has 0 aliphatic heterocycles. The lowest BCUT2D eigenvalue weighted by Crippen LogP contribution is -2.35. The molecule has 1 aromatic rings. The molecule has 2 rings (SSSR count). The smallest absolute Gasteiger partial charge is 0.242 e. The van der Waals surface area contributed by atoms with Crippen molar-refractivity contribution in [1.29, 1.82) is 0 Å². The van der Waals surface area contributed by atoms with Crippen LogP contribution in [0.1, 0.15) is 38.3 Å². The molecule has 1 saturated carbocycles. The Bertz CT molecular complexity index is 393. The third kappa shape index (κ3) is 2.88. The van der Waals surface area contributed by atoms with Crippen LogP contribution in [0.15, 0.2) is 18.5 Å². The molecule has 0 saturated heterocycles. The Kier molecular flexibility index (Phi) is 3.52. The molecule has 94 valence electrons. The van der Waals surface area contributed by atoms with Gasteiger partial charge in [0.25, 0.3) is 0 Å². The van der Waals surface area contributed by atoms with E-state index in [4.69, 9.17) is 5.73 Å². The average molecular weight is 235 g/mol. The van der Waals surface area contributed by atoms with Crippen molar-refractivity contribution in [2.75, 3.05) is 6.54 Å². The number of amides is 1. The molecule has 0 radical (unpaired) electrons. The summed E-state index contributed by atoms with van der Waals surface area (Å²) in [6.45, 7) is 5.23. The largest absolute Gasteiger partial charge is 0.345 e. The van der Waals surface area contributed by atoms with Crippen LogP contribution in [0.3, 0.4) is 0 Å². The lowest BCUT2D eigenvalue weighted by molar-refractivity contribution is -0.132. The molecule has 1 atom stereocenters. The Morgan fingerprint density at radius 3 is 2.82 bits per heavy atom. The second-order valence-corrected chi connectivity index (χ2v) is 4.82. The number of carbonyl (C=O) groups is 1. The molecule has 17 heavy (non-hydrogen) atoms. The van der Waals surface area contributed by atoms with E-state index in [1.165, 1.54) is 0 Å². The van der Waals surface area contributed by atoms with Crippen molar-refractivity contribution in [1.82, 2.24) is 9.47 Å². The molecule has 1 amide bonds. The van der Waals surface area contributed by atoms with E-state index in [2.05, 4.69) is 0 Å². The fourth-order valence-corrected chi connectivity index (χ4v) is 2.10. The van der Waals surface area contributed by atoms with Gasteiger partial charge in [0.2, 0.25) is 5.91 Å². The van der Waals surface area contributed by atoms with Crippen molar-refractivity contribution in [3.8, 4) is 0 Å². The highest BCUT2D eigenvalue weighted by Crippen LogP contribution is 2.26. The average Bonchev–Trinajstić information content (AvgIpc) is 2.98. The lowest BCUT2D eigenvalue weighted by Gasteiger charge is -2.20. The van der Waals surface area contributed by atoms with Crippen LogP contribution in [0, 0.1) is 0 Å². The van der Waals surface area contributed by atoms with Gasteiger partial charge in [-0.05, 0) is 38.3 Å². The zero-order valence-electron chi connectivity index (χ0n) is 10.6. The Hall–Kier alpha value is -1.29. The van der Waals surface area contributed by atoms with E-state index in [-0.39, 0.29) is 11.9 Å². The summed E-state index contributed by atoms with van der Waals surface area (Å²) < 4.78 is 1.92. The first-order valence-corrected chi connectivity index (χ1v) is 6.32. The van der Waals surface area contributed by atoms with Gasteiger partial charge in [0.1, 0.15) is 6.54 Å². The molecular formula is C13H21N3O. The molecule has 1 aromatic heterocycles. The summed E-state index contributed by atoms with van der Waals surface area (Å²) in [6, 6.07) is 2.50. The minimum atomic E-state index is 0.0251. The van der Waals surface area contributed by atoms with Gasteiger partial charge in [-0.25, -0.2) is 0 Å². The molecule has 1 fully saturated rings. The van der Waals surface area contributed by atoms with Gasteiger partial charge in [0, 0.05) is 31.0 Å². The summed E-state index contributed by atoms with van der Waals surface area (Å²) in [6.07, 6.45) is 6.22. The number of hydrogen-bond acceptors (Lipinski definition) is 2. The van der Waals surface area contributed by atoms with Crippen molar-refractivity contribution < 1.29 is 4.79 Å². The number of nitrogens with two attached hydrogens (primary N) is 1. The fourth-order valence-electron chi connectivity index (χ4n) is 2.10. The van der Waals surface area contributed by atoms with Crippen LogP contribution in [-0.4, -0.2) is 28.0 Å². The highest BCUT2D eigenvalue weighted by Gasteiger charge is 2.31. The van der Waals surface area contributed by atoms with Gasteiger partial charge in [-0.3, -0.25) is 4.79 Å². The number of aromatic nitrogens is 1. The van der Waals surface area contributed by atoms with Crippen LogP contribution in [0.2, 0.25) is 0 Å². The van der Waals surface area contributed by atoms with Crippen LogP contribution in [0.5, 0.6) is 0 Å². The highest BCUT2D eigenvalue weighted by molar-refractivity contribution is 5.76. The van der Waals surface area contributed by atoms with Gasteiger partial charge >= 0.3 is 0 Å². The summed E-state index contributed by atoms with van der Waals surface area (Å²) in [5.41, 5.74) is 6.87. The predicted octanol–water partition coefficient (Wildman–Crippen LogP) is 1.52. The first-order chi connectivity index (χ1) is 8.11. The second-order valence-electron chi connectivity index (χ2n) is 4.82. The summed E-state index contributed by atoms with van der Waals surface area (Å²) in [7, 11) is 0. The highest BCUT2D eigenvalue weighted by atomic mass is 16.2. The molecule has 2 N–H and O–H groups in total. The minimum Gasteiger partial charge on any atom is -0.345 e. The first kappa shape index (κ1) is 12.2. The van der Waals surface area contributed by atoms with Gasteiger partial charge < -0.3 is 15.2 Å². The van der Waals surface area contributed by atoms with Crippen molar-refractivity contribution in [3.05, 3.63) is 24.0 Å². The van der Waals surface area contributed by atoms with Crippen LogP contribution >= 0.6 is 0 Å². The van der Waals surface area contributed by atoms with Crippen LogP contribution in [0.25, 0.3) is 0 Å². The number of hydrogen-bond donors (Lipinski definition) is 1. The SMILES string of the molecule is CCN(C(=O)Cn1ccc(C(C)N)c1)C1CC1. The zero-order valence-corrected chi connectivity index (χ0v) is 10.6. The van der Waals surface area contributed by atoms with Crippen molar-refractivity contribution in [3.63, 3.8) is 0 Å². The maximum atomic E-state index is 12.1. The molecule has 1 unspecified atom stereocenters. The summed E-state index contributed by atoms with van der Waals surface area (Å²) in [4.78, 5) is 14.1. The van der Waals surface area contributed by atoms with E-state index >= 15 is 0 Å². The first-order valence-electron chi connectivity index (χ1n) is 6.32. The van der Waals surface area contributed by atoms with Gasteiger partial charge in [-0.2, -0.15) is 0 Å². The quantitative estimate of drug-likeness (QED) is 0.841. The third-order valence-electron chi connectivity index (χ3n) is 3.27. The molecule has 1 heterocycles. The van der Waals surface area contributed by atoms with E-state index in [1.807, 2.05) is 41.8 Å². The third-order valence-corrected chi connectivity index (χ3v) is 3.27. The molecular weight excluding hydrogens is 214 g/mol. The maximum absolute atomic E-state index is 12.1. The fraction of sp³-hybridized carbons (Fsp3) is 0.615. The van der Waals surface area contributed by atoms with Gasteiger partial charge in [-0.1, -0.05) is 0 Å². The number of nitrogens with zero attached hydrogens (tertiary/aromatic N) is 2. The minimum absolute atomic E-state index is 0.0251. The summed E-state index contributed by atoms with van der Waals surface area (Å²) in [5, 5.41) is 0. The standard InChI is InChI=1S/C13H21N3O/c1-3-16(12-4-5-12)13(17)9-15-7-6-11(8-15)10(2)14/h6-8,10,12H,3-5,9,14H2,1-2H3. The molecule has 0 bridgehead atoms. The monoisotopic (exact) mass is 235 g/mol. The predicted molar refractivity (Wildman–Crippen MR) is 67.4 cm³/mol. The van der Waals surface area contributed by atoms with E-state index in [1.54, 1.807) is 0 Å². The number of rotatable bonds is 5. The second kappa shape index (κ2) is 4.92. The maximum Gasteiger partial charge on any atom is 0.242 e. The molecule has 1 aliphatic rings. The van der Waals surface area contributed by atoms with E-state index in [9.17, 15) is 4.79 Å². The Balaban J connectivity index is 1.96. The molecule has 4 heteroatoms. The molecule has 0 spiro atoms. The Labute approximate surface area is 102 Å². The van der Waals surface area contributed by atoms with Gasteiger partial charge in [0.15, 0.2) is 0 Å². The Morgan fingerprint density at radius 2 is 2.35 bits per heavy atom. The van der Waals surface area contributed by atoms with E-state index in [0.717, 1.165) is 24.9 Å². The van der Waals surface area contributed by atoms with Gasteiger partial charge in [0.05, 0.1) is 0 Å². The van der Waals surface area contributed by atoms with Crippen molar-refractivity contribution >= 4 is 5.91 Å². The van der Waals surface area contributed by atoms with E-state index < -0.39 is 0 Å². The molecule has 4 nitrogen and oxygen atoms in total. The van der Waals surface area contributed by atoms with Gasteiger partial charge in [-0.15, -0.1) is 0 Å². The van der Waals surface area contributed by atoms with Crippen LogP contribution in [-0.2, 0) is 11.3 Å². The van der Waals surface area contributed by atoms with Crippen LogP contribution in [0.4, 0.5) is 0 Å². The summed E-state index contributed by atoms with van der Waals surface area (Å²) in [5.74, 6) is 0.210. The van der Waals surface area contributed by atoms with Crippen LogP contribution < -0.4 is 5.73 Å². The number of carbonyl (C=O) groups excluding carboxylic acids is 1. The van der Waals surface area contributed by atoms with E-state index in [0.29, 0.717) is 12.6 Å². The zero-order chi connectivity index (χ0) is 12.4. The van der Waals surface area contributed by atoms with Crippen molar-refractivity contribution in [2.45, 2.75) is 45.3 Å². The summed E-state index contributed by atoms with van der Waals surface area (Å²) >= 11 is 0. The molecule has 1 aliphatic carbocycles. The lowest BCUT2D eigenvalue weighted by atomic mass is 10.2. The Morgan fingerprint density at radius 1 is 1.65 bits per heavy atom.